The Balaban J connectivity index is 1.84. The van der Waals surface area contributed by atoms with Gasteiger partial charge in [0.15, 0.2) is 5.43 Å². The van der Waals surface area contributed by atoms with Crippen LogP contribution in [-0.4, -0.2) is 45.2 Å². The zero-order valence-electron chi connectivity index (χ0n) is 12.2. The number of nitrogens with zero attached hydrogens (tertiary/aromatic N) is 2. The second-order valence-corrected chi connectivity index (χ2v) is 5.66. The van der Waals surface area contributed by atoms with Gasteiger partial charge in [-0.3, -0.25) is 9.59 Å². The van der Waals surface area contributed by atoms with Crippen molar-refractivity contribution in [3.8, 4) is 0 Å². The molecule has 1 unspecified atom stereocenters. The fraction of sp³-hybridized carbons (Fsp3) is 0.312. The molecule has 0 spiro atoms. The number of aromatic nitrogens is 1. The summed E-state index contributed by atoms with van der Waals surface area (Å²) in [7, 11) is 0. The van der Waals surface area contributed by atoms with Crippen LogP contribution in [0.5, 0.6) is 0 Å². The molecule has 0 radical (unpaired) electrons. The number of fused-ring (bicyclic) bond motifs is 1. The van der Waals surface area contributed by atoms with Crippen LogP contribution in [-0.2, 0) is 16.1 Å². The molecule has 2 aromatic rings. The van der Waals surface area contributed by atoms with Gasteiger partial charge in [-0.1, -0.05) is 12.1 Å². The number of amides is 1. The van der Waals surface area contributed by atoms with Gasteiger partial charge in [0, 0.05) is 30.6 Å². The predicted octanol–water partition coefficient (Wildman–Crippen LogP) is 1.03. The largest absolute Gasteiger partial charge is 0.479 e. The fourth-order valence-corrected chi connectivity index (χ4v) is 2.80. The zero-order chi connectivity index (χ0) is 16.6. The number of carboxylic acids is 1. The van der Waals surface area contributed by atoms with Crippen LogP contribution < -0.4 is 5.43 Å². The van der Waals surface area contributed by atoms with E-state index in [-0.39, 0.29) is 30.8 Å². The molecule has 1 amide bonds. The summed E-state index contributed by atoms with van der Waals surface area (Å²) >= 11 is 0. The first kappa shape index (κ1) is 15.2. The van der Waals surface area contributed by atoms with Crippen molar-refractivity contribution in [1.82, 2.24) is 9.47 Å². The molecule has 3 rings (SSSR count). The highest BCUT2D eigenvalue weighted by molar-refractivity contribution is 5.84. The van der Waals surface area contributed by atoms with Gasteiger partial charge >= 0.3 is 5.97 Å². The van der Waals surface area contributed by atoms with Crippen molar-refractivity contribution in [1.29, 1.82) is 0 Å². The van der Waals surface area contributed by atoms with Gasteiger partial charge < -0.3 is 14.6 Å². The standard InChI is InChI=1S/C16H15FN2O4/c17-16(15(22)23)6-8-19(10-16)14(21)9-18-7-5-13(20)11-3-1-2-4-12(11)18/h1-5,7H,6,8-10H2,(H,22,23). The number of halogens is 1. The number of hydrogen-bond donors (Lipinski definition) is 1. The maximum absolute atomic E-state index is 14.0. The second-order valence-electron chi connectivity index (χ2n) is 5.66. The van der Waals surface area contributed by atoms with Crippen molar-refractivity contribution >= 4 is 22.8 Å². The predicted molar refractivity (Wildman–Crippen MR) is 80.9 cm³/mol. The molecule has 2 heterocycles. The number of pyridine rings is 1. The van der Waals surface area contributed by atoms with E-state index in [9.17, 15) is 18.8 Å². The van der Waals surface area contributed by atoms with E-state index in [1.165, 1.54) is 17.2 Å². The number of benzene rings is 1. The molecule has 0 saturated carbocycles. The first-order valence-corrected chi connectivity index (χ1v) is 7.19. The first-order chi connectivity index (χ1) is 10.9. The Morgan fingerprint density at radius 1 is 1.26 bits per heavy atom. The Kier molecular flexibility index (Phi) is 3.63. The number of para-hydroxylation sites is 1. The Labute approximate surface area is 130 Å². The third-order valence-corrected chi connectivity index (χ3v) is 4.15. The molecule has 1 aliphatic heterocycles. The lowest BCUT2D eigenvalue weighted by atomic mass is 10.1. The van der Waals surface area contributed by atoms with Crippen molar-refractivity contribution in [2.75, 3.05) is 13.1 Å². The van der Waals surface area contributed by atoms with Crippen molar-refractivity contribution < 1.29 is 19.1 Å². The molecule has 1 aromatic heterocycles. The van der Waals surface area contributed by atoms with Crippen LogP contribution in [0.25, 0.3) is 10.9 Å². The smallest absolute Gasteiger partial charge is 0.343 e. The molecule has 0 bridgehead atoms. The lowest BCUT2D eigenvalue weighted by Gasteiger charge is -2.19. The molecule has 120 valence electrons. The van der Waals surface area contributed by atoms with Gasteiger partial charge in [-0.15, -0.1) is 0 Å². The molecular formula is C16H15FN2O4. The molecule has 7 heteroatoms. The van der Waals surface area contributed by atoms with Crippen LogP contribution in [0.2, 0.25) is 0 Å². The van der Waals surface area contributed by atoms with Gasteiger partial charge in [0.25, 0.3) is 0 Å². The topological polar surface area (TPSA) is 79.6 Å². The third kappa shape index (κ3) is 2.69. The van der Waals surface area contributed by atoms with Crippen LogP contribution in [0.15, 0.2) is 41.3 Å². The highest BCUT2D eigenvalue weighted by atomic mass is 19.1. The van der Waals surface area contributed by atoms with Crippen molar-refractivity contribution in [3.63, 3.8) is 0 Å². The number of alkyl halides is 1. The van der Waals surface area contributed by atoms with Crippen LogP contribution in [0, 0.1) is 0 Å². The lowest BCUT2D eigenvalue weighted by molar-refractivity contribution is -0.150. The molecule has 1 atom stereocenters. The maximum atomic E-state index is 14.0. The zero-order valence-corrected chi connectivity index (χ0v) is 12.2. The summed E-state index contributed by atoms with van der Waals surface area (Å²) < 4.78 is 15.7. The monoisotopic (exact) mass is 318 g/mol. The van der Waals surface area contributed by atoms with Crippen molar-refractivity contribution in [3.05, 3.63) is 46.8 Å². The molecule has 1 saturated heterocycles. The number of carbonyl (C=O) groups is 2. The highest BCUT2D eigenvalue weighted by Gasteiger charge is 2.46. The van der Waals surface area contributed by atoms with Gasteiger partial charge in [-0.2, -0.15) is 0 Å². The quantitative estimate of drug-likeness (QED) is 0.916. The summed E-state index contributed by atoms with van der Waals surface area (Å²) in [6.45, 7) is -0.449. The fourth-order valence-electron chi connectivity index (χ4n) is 2.80. The van der Waals surface area contributed by atoms with Crippen molar-refractivity contribution in [2.24, 2.45) is 0 Å². The minimum absolute atomic E-state index is 0.0692. The molecule has 1 aliphatic rings. The van der Waals surface area contributed by atoms with Crippen LogP contribution in [0.1, 0.15) is 6.42 Å². The molecular weight excluding hydrogens is 303 g/mol. The van der Waals surface area contributed by atoms with E-state index in [0.29, 0.717) is 10.9 Å². The average Bonchev–Trinajstić information content (AvgIpc) is 2.94. The molecule has 0 aliphatic carbocycles. The second kappa shape index (κ2) is 5.49. The average molecular weight is 318 g/mol. The lowest BCUT2D eigenvalue weighted by Crippen LogP contribution is -2.39. The van der Waals surface area contributed by atoms with E-state index in [1.807, 2.05) is 0 Å². The van der Waals surface area contributed by atoms with E-state index >= 15 is 0 Å². The van der Waals surface area contributed by atoms with E-state index in [4.69, 9.17) is 5.11 Å². The van der Waals surface area contributed by atoms with Gasteiger partial charge in [-0.05, 0) is 12.1 Å². The molecule has 1 fully saturated rings. The van der Waals surface area contributed by atoms with Crippen LogP contribution in [0.3, 0.4) is 0 Å². The van der Waals surface area contributed by atoms with E-state index < -0.39 is 18.2 Å². The molecule has 1 N–H and O–H groups in total. The Hall–Kier alpha value is -2.70. The Morgan fingerprint density at radius 2 is 2.00 bits per heavy atom. The minimum atomic E-state index is -2.37. The summed E-state index contributed by atoms with van der Waals surface area (Å²) in [4.78, 5) is 36.2. The number of carboxylic acid groups (broad SMARTS) is 1. The summed E-state index contributed by atoms with van der Waals surface area (Å²) in [6, 6.07) is 8.27. The normalized spacial score (nSPS) is 20.8. The highest BCUT2D eigenvalue weighted by Crippen LogP contribution is 2.26. The number of carbonyl (C=O) groups excluding carboxylic acids is 1. The van der Waals surface area contributed by atoms with Crippen molar-refractivity contribution in [2.45, 2.75) is 18.6 Å². The Bertz CT molecular complexity index is 847. The molecule has 1 aromatic carbocycles. The van der Waals surface area contributed by atoms with E-state index in [0.717, 1.165) is 0 Å². The minimum Gasteiger partial charge on any atom is -0.479 e. The summed E-state index contributed by atoms with van der Waals surface area (Å²) in [5, 5.41) is 9.38. The third-order valence-electron chi connectivity index (χ3n) is 4.15. The Morgan fingerprint density at radius 3 is 2.70 bits per heavy atom. The van der Waals surface area contributed by atoms with Gasteiger partial charge in [-0.25, -0.2) is 9.18 Å². The van der Waals surface area contributed by atoms with Crippen LogP contribution in [0.4, 0.5) is 4.39 Å². The van der Waals surface area contributed by atoms with Crippen LogP contribution >= 0.6 is 0 Å². The first-order valence-electron chi connectivity index (χ1n) is 7.19. The molecule has 6 nitrogen and oxygen atoms in total. The number of likely N-dealkylation sites (tertiary alicyclic amines) is 1. The van der Waals surface area contributed by atoms with E-state index in [1.54, 1.807) is 28.8 Å². The van der Waals surface area contributed by atoms with Gasteiger partial charge in [0.05, 0.1) is 12.1 Å². The number of aliphatic carboxylic acids is 1. The van der Waals surface area contributed by atoms with E-state index in [2.05, 4.69) is 0 Å². The number of hydrogen-bond acceptors (Lipinski definition) is 3. The number of rotatable bonds is 3. The summed E-state index contributed by atoms with van der Waals surface area (Å²) in [5.41, 5.74) is -1.90. The maximum Gasteiger partial charge on any atom is 0.343 e. The van der Waals surface area contributed by atoms with Gasteiger partial charge in [0.1, 0.15) is 6.54 Å². The van der Waals surface area contributed by atoms with Gasteiger partial charge in [0.2, 0.25) is 11.6 Å². The molecule has 23 heavy (non-hydrogen) atoms. The SMILES string of the molecule is O=C(Cn1ccc(=O)c2ccccc21)N1CCC(F)(C(=O)O)C1. The summed E-state index contributed by atoms with van der Waals surface area (Å²) in [5.74, 6) is -1.92. The summed E-state index contributed by atoms with van der Waals surface area (Å²) in [6.07, 6.45) is 1.30.